The van der Waals surface area contributed by atoms with Crippen molar-refractivity contribution < 1.29 is 0 Å². The van der Waals surface area contributed by atoms with E-state index in [9.17, 15) is 5.26 Å². The summed E-state index contributed by atoms with van der Waals surface area (Å²) in [5, 5.41) is 22.6. The van der Waals surface area contributed by atoms with Crippen LogP contribution in [0.4, 0.5) is 0 Å². The van der Waals surface area contributed by atoms with Crippen LogP contribution >= 0.6 is 0 Å². The molecular formula is C59H36N2. The second kappa shape index (κ2) is 13.9. The van der Waals surface area contributed by atoms with Gasteiger partial charge in [0.2, 0.25) is 0 Å². The molecule has 12 rings (SSSR count). The molecular weight excluding hydrogens is 737 g/mol. The molecule has 0 saturated carbocycles. The van der Waals surface area contributed by atoms with Gasteiger partial charge in [0.15, 0.2) is 0 Å². The first-order valence-corrected chi connectivity index (χ1v) is 20.8. The Morgan fingerprint density at radius 2 is 0.656 bits per heavy atom. The molecule has 0 saturated heterocycles. The van der Waals surface area contributed by atoms with Crippen LogP contribution in [0.2, 0.25) is 0 Å². The molecule has 0 radical (unpaired) electrons. The lowest BCUT2D eigenvalue weighted by Gasteiger charge is -2.22. The molecule has 0 aliphatic carbocycles. The smallest absolute Gasteiger partial charge is 0.0992 e. The molecule has 0 N–H and O–H groups in total. The number of hydrogen-bond donors (Lipinski definition) is 0. The number of para-hydroxylation sites is 2. The third-order valence-corrected chi connectivity index (χ3v) is 12.5. The fraction of sp³-hybridized carbons (Fsp3) is 0. The van der Waals surface area contributed by atoms with Crippen molar-refractivity contribution in [3.05, 3.63) is 224 Å². The molecule has 1 aromatic heterocycles. The van der Waals surface area contributed by atoms with Gasteiger partial charge in [-0.1, -0.05) is 182 Å². The van der Waals surface area contributed by atoms with Gasteiger partial charge < -0.3 is 4.57 Å². The maximum atomic E-state index is 10.4. The molecule has 2 nitrogen and oxygen atoms in total. The van der Waals surface area contributed by atoms with Crippen LogP contribution in [0.5, 0.6) is 0 Å². The molecule has 11 aromatic carbocycles. The number of hydrogen-bond acceptors (Lipinski definition) is 1. The van der Waals surface area contributed by atoms with Gasteiger partial charge >= 0.3 is 0 Å². The molecule has 61 heavy (non-hydrogen) atoms. The topological polar surface area (TPSA) is 28.7 Å². The normalized spacial score (nSPS) is 11.6. The minimum Gasteiger partial charge on any atom is -0.309 e. The number of nitriles is 1. The first-order chi connectivity index (χ1) is 30.2. The minimum absolute atomic E-state index is 0.623. The first kappa shape index (κ1) is 34.8. The van der Waals surface area contributed by atoms with Crippen molar-refractivity contribution in [3.63, 3.8) is 0 Å². The van der Waals surface area contributed by atoms with E-state index in [4.69, 9.17) is 0 Å². The number of benzene rings is 11. The number of fused-ring (bicyclic) bond motifs is 7. The van der Waals surface area contributed by atoms with E-state index < -0.39 is 0 Å². The van der Waals surface area contributed by atoms with Gasteiger partial charge in [0.05, 0.1) is 22.7 Å². The summed E-state index contributed by atoms with van der Waals surface area (Å²) in [6, 6.07) is 81.1. The van der Waals surface area contributed by atoms with Crippen LogP contribution in [-0.4, -0.2) is 4.57 Å². The molecule has 0 atom stereocenters. The van der Waals surface area contributed by atoms with Gasteiger partial charge in [-0.25, -0.2) is 0 Å². The van der Waals surface area contributed by atoms with Crippen molar-refractivity contribution in [2.75, 3.05) is 0 Å². The first-order valence-electron chi connectivity index (χ1n) is 20.8. The van der Waals surface area contributed by atoms with Crippen LogP contribution in [-0.2, 0) is 0 Å². The molecule has 0 unspecified atom stereocenters. The van der Waals surface area contributed by atoms with Gasteiger partial charge in [0.25, 0.3) is 0 Å². The molecule has 0 aliphatic rings. The second-order valence-electron chi connectivity index (χ2n) is 15.9. The Bertz CT molecular complexity index is 3600. The highest BCUT2D eigenvalue weighted by molar-refractivity contribution is 6.30. The lowest BCUT2D eigenvalue weighted by molar-refractivity contribution is 1.18. The zero-order valence-corrected chi connectivity index (χ0v) is 33.2. The van der Waals surface area contributed by atoms with Crippen molar-refractivity contribution in [3.8, 4) is 56.3 Å². The van der Waals surface area contributed by atoms with Crippen LogP contribution in [0.15, 0.2) is 218 Å². The Balaban J connectivity index is 1.10. The van der Waals surface area contributed by atoms with Gasteiger partial charge in [-0.2, -0.15) is 5.26 Å². The predicted octanol–water partition coefficient (Wildman–Crippen LogP) is 15.9. The molecule has 0 aliphatic heterocycles. The van der Waals surface area contributed by atoms with Gasteiger partial charge in [0, 0.05) is 16.5 Å². The molecule has 0 bridgehead atoms. The van der Waals surface area contributed by atoms with Crippen molar-refractivity contribution in [2.24, 2.45) is 0 Å². The number of rotatable bonds is 5. The molecule has 0 spiro atoms. The number of aromatic nitrogens is 1. The third-order valence-electron chi connectivity index (χ3n) is 12.5. The summed E-state index contributed by atoms with van der Waals surface area (Å²) in [6.45, 7) is 0. The van der Waals surface area contributed by atoms with E-state index in [1.165, 1.54) is 81.7 Å². The average Bonchev–Trinajstić information content (AvgIpc) is 3.67. The van der Waals surface area contributed by atoms with Gasteiger partial charge in [-0.15, -0.1) is 0 Å². The van der Waals surface area contributed by atoms with Crippen molar-refractivity contribution in [2.45, 2.75) is 0 Å². The lowest BCUT2D eigenvalue weighted by atomic mass is 9.81. The van der Waals surface area contributed by atoms with Crippen LogP contribution in [0.25, 0.3) is 115 Å². The summed E-state index contributed by atoms with van der Waals surface area (Å²) in [5.74, 6) is 0. The van der Waals surface area contributed by atoms with Gasteiger partial charge in [-0.3, -0.25) is 0 Å². The summed E-state index contributed by atoms with van der Waals surface area (Å²) in [4.78, 5) is 0. The average molecular weight is 773 g/mol. The zero-order chi connectivity index (χ0) is 40.4. The van der Waals surface area contributed by atoms with Crippen molar-refractivity contribution in [1.29, 1.82) is 5.26 Å². The highest BCUT2D eigenvalue weighted by atomic mass is 15.0. The fourth-order valence-corrected chi connectivity index (χ4v) is 10.0. The third kappa shape index (κ3) is 5.42. The van der Waals surface area contributed by atoms with E-state index in [1.807, 2.05) is 12.1 Å². The largest absolute Gasteiger partial charge is 0.309 e. The monoisotopic (exact) mass is 772 g/mol. The van der Waals surface area contributed by atoms with Crippen LogP contribution < -0.4 is 0 Å². The summed E-state index contributed by atoms with van der Waals surface area (Å²) >= 11 is 0. The SMILES string of the molecule is N#Cc1cc(-c2cccc(-c3c4ccccc4c(-c4c5ccccc5c(-c5ccccc5)c5ccccc45)c4ccccc34)c2)cc(-n2c3ccccc3c3ccccc32)c1. The van der Waals surface area contributed by atoms with Crippen molar-refractivity contribution >= 4 is 64.9 Å². The van der Waals surface area contributed by atoms with E-state index in [-0.39, 0.29) is 0 Å². The summed E-state index contributed by atoms with van der Waals surface area (Å²) in [7, 11) is 0. The fourth-order valence-electron chi connectivity index (χ4n) is 10.0. The van der Waals surface area contributed by atoms with Crippen LogP contribution in [0.1, 0.15) is 5.56 Å². The van der Waals surface area contributed by atoms with Crippen LogP contribution in [0.3, 0.4) is 0 Å². The number of nitrogens with zero attached hydrogens (tertiary/aromatic N) is 2. The second-order valence-corrected chi connectivity index (χ2v) is 15.9. The minimum atomic E-state index is 0.623. The molecule has 0 fully saturated rings. The summed E-state index contributed by atoms with van der Waals surface area (Å²) < 4.78 is 2.29. The van der Waals surface area contributed by atoms with E-state index >= 15 is 0 Å². The molecule has 12 aromatic rings. The maximum absolute atomic E-state index is 10.4. The molecule has 0 amide bonds. The Kier molecular flexibility index (Phi) is 7.95. The summed E-state index contributed by atoms with van der Waals surface area (Å²) in [5.41, 5.74) is 13.2. The Labute approximate surface area is 353 Å². The van der Waals surface area contributed by atoms with E-state index in [0.717, 1.165) is 33.4 Å². The predicted molar refractivity (Wildman–Crippen MR) is 257 cm³/mol. The molecule has 1 heterocycles. The highest BCUT2D eigenvalue weighted by Gasteiger charge is 2.23. The zero-order valence-electron chi connectivity index (χ0n) is 33.2. The van der Waals surface area contributed by atoms with Gasteiger partial charge in [-0.05, 0) is 124 Å². The maximum Gasteiger partial charge on any atom is 0.0992 e. The standard InChI is InChI=1S/C59H36N2/c60-37-38-33-42(36-43(34-38)61-54-31-14-12-21-44(54)45-22-13-15-32-55(45)61)40-19-16-20-41(35-40)57-48-25-6-10-29-52(48)59(53-30-11-7-26-49(53)57)58-50-27-8-4-23-46(50)56(39-17-2-1-3-18-39)47-24-5-9-28-51(47)58/h1-36H. The summed E-state index contributed by atoms with van der Waals surface area (Å²) in [6.07, 6.45) is 0. The quantitative estimate of drug-likeness (QED) is 0.160. The Morgan fingerprint density at radius 3 is 1.13 bits per heavy atom. The van der Waals surface area contributed by atoms with E-state index in [0.29, 0.717) is 5.56 Å². The van der Waals surface area contributed by atoms with Crippen molar-refractivity contribution in [1.82, 2.24) is 4.57 Å². The molecule has 2 heteroatoms. The highest BCUT2D eigenvalue weighted by Crippen LogP contribution is 2.50. The van der Waals surface area contributed by atoms with E-state index in [2.05, 4.69) is 217 Å². The van der Waals surface area contributed by atoms with E-state index in [1.54, 1.807) is 0 Å². The lowest BCUT2D eigenvalue weighted by Crippen LogP contribution is -1.96. The Morgan fingerprint density at radius 1 is 0.279 bits per heavy atom. The molecule has 282 valence electrons. The van der Waals surface area contributed by atoms with Gasteiger partial charge in [0.1, 0.15) is 0 Å². The van der Waals surface area contributed by atoms with Crippen LogP contribution in [0, 0.1) is 11.3 Å². The Hall–Kier alpha value is -8.25.